The van der Waals surface area contributed by atoms with Crippen LogP contribution in [-0.4, -0.2) is 71.0 Å². The Hall–Kier alpha value is -3.20. The van der Waals surface area contributed by atoms with E-state index in [1.165, 1.54) is 11.1 Å². The SMILES string of the molecule is O=C(NC1CC1)C(O)[C@H](C[C@@H]1CCNC1=O)NC(=O)[C@@H]1[C@@H]2[C@H](CN1C(=O)[C@@H]1C[C@]13CCCc1ccccc13)[C@@H]1C=C[C@H]2C1. The van der Waals surface area contributed by atoms with Gasteiger partial charge < -0.3 is 26.0 Å². The number of hydrogen-bond acceptors (Lipinski definition) is 5. The summed E-state index contributed by atoms with van der Waals surface area (Å²) in [5, 5.41) is 19.9. The summed E-state index contributed by atoms with van der Waals surface area (Å²) >= 11 is 0. The van der Waals surface area contributed by atoms with E-state index in [0.29, 0.717) is 25.4 Å². The number of aliphatic hydroxyl groups excluding tert-OH is 1. The predicted octanol–water partition coefficient (Wildman–Crippen LogP) is 1.58. The Bertz CT molecular complexity index is 1390. The zero-order valence-electron chi connectivity index (χ0n) is 24.5. The Morgan fingerprint density at radius 2 is 1.93 bits per heavy atom. The third kappa shape index (κ3) is 4.52. The molecule has 4 N–H and O–H groups in total. The number of rotatable bonds is 8. The van der Waals surface area contributed by atoms with Crippen LogP contribution in [0.5, 0.6) is 0 Å². The summed E-state index contributed by atoms with van der Waals surface area (Å²) < 4.78 is 0. The van der Waals surface area contributed by atoms with Crippen LogP contribution in [0, 0.1) is 35.5 Å². The van der Waals surface area contributed by atoms with Gasteiger partial charge in [-0.05, 0) is 92.6 Å². The first-order valence-corrected chi connectivity index (χ1v) is 16.5. The number of hydrogen-bond donors (Lipinski definition) is 4. The number of fused-ring (bicyclic) bond motifs is 7. The van der Waals surface area contributed by atoms with Crippen LogP contribution in [0.4, 0.5) is 0 Å². The molecule has 9 nitrogen and oxygen atoms in total. The molecule has 2 heterocycles. The van der Waals surface area contributed by atoms with Gasteiger partial charge in [0, 0.05) is 36.4 Å². The number of amides is 4. The standard InChI is InChI=1S/C34H42N4O5/c39-29(32(42)36-22-9-10-22)26(15-21-11-13-35-30(21)40)37-31(41)28-27-20-8-7-19(14-20)23(27)17-38(28)33(43)25-16-34(25)12-3-5-18-4-1-2-6-24(18)34/h1-2,4,6-8,19-23,25-29,39H,3,5,9-17H2,(H,35,40)(H,36,42)(H,37,41)/t19-,20+,21+,23-,25+,26+,27+,28+,29?,34+/m1/s1. The third-order valence-corrected chi connectivity index (χ3v) is 11.9. The second-order valence-corrected chi connectivity index (χ2v) is 14.4. The Morgan fingerprint density at radius 3 is 2.72 bits per heavy atom. The molecule has 1 spiro atoms. The van der Waals surface area contributed by atoms with E-state index in [4.69, 9.17) is 0 Å². The third-order valence-electron chi connectivity index (χ3n) is 11.9. The minimum Gasteiger partial charge on any atom is -0.381 e. The lowest BCUT2D eigenvalue weighted by molar-refractivity contribution is -0.142. The van der Waals surface area contributed by atoms with Gasteiger partial charge in [0.1, 0.15) is 6.04 Å². The smallest absolute Gasteiger partial charge is 0.251 e. The quantitative estimate of drug-likeness (QED) is 0.344. The zero-order chi connectivity index (χ0) is 29.5. The number of nitrogens with one attached hydrogen (secondary N) is 3. The maximum Gasteiger partial charge on any atom is 0.251 e. The number of benzene rings is 1. The highest BCUT2D eigenvalue weighted by atomic mass is 16.3. The van der Waals surface area contributed by atoms with Gasteiger partial charge in [0.05, 0.1) is 6.04 Å². The summed E-state index contributed by atoms with van der Waals surface area (Å²) in [6.45, 7) is 1.12. The minimum atomic E-state index is -1.47. The maximum atomic E-state index is 14.4. The first kappa shape index (κ1) is 27.4. The number of aliphatic hydroxyl groups is 1. The van der Waals surface area contributed by atoms with Crippen molar-refractivity contribution in [2.75, 3.05) is 13.1 Å². The van der Waals surface area contributed by atoms with Gasteiger partial charge in [-0.15, -0.1) is 0 Å². The van der Waals surface area contributed by atoms with Crippen molar-refractivity contribution in [3.05, 3.63) is 47.5 Å². The molecular weight excluding hydrogens is 544 g/mol. The minimum absolute atomic E-state index is 0.0279. The average Bonchev–Trinajstić information content (AvgIpc) is 3.68. The van der Waals surface area contributed by atoms with Crippen LogP contribution in [0.3, 0.4) is 0 Å². The first-order valence-electron chi connectivity index (χ1n) is 16.5. The van der Waals surface area contributed by atoms with Crippen LogP contribution >= 0.6 is 0 Å². The molecule has 2 aliphatic heterocycles. The summed E-state index contributed by atoms with van der Waals surface area (Å²) in [5.74, 6) is -0.475. The van der Waals surface area contributed by atoms with Crippen molar-refractivity contribution < 1.29 is 24.3 Å². The first-order chi connectivity index (χ1) is 20.8. The van der Waals surface area contributed by atoms with Crippen LogP contribution in [0.15, 0.2) is 36.4 Å². The maximum absolute atomic E-state index is 14.4. The lowest BCUT2D eigenvalue weighted by Gasteiger charge is -2.33. The highest BCUT2D eigenvalue weighted by Gasteiger charge is 2.65. The second kappa shape index (κ2) is 10.2. The van der Waals surface area contributed by atoms with E-state index in [-0.39, 0.29) is 65.2 Å². The molecule has 0 radical (unpaired) electrons. The van der Waals surface area contributed by atoms with Crippen molar-refractivity contribution in [1.82, 2.24) is 20.9 Å². The fourth-order valence-corrected chi connectivity index (χ4v) is 9.54. The summed E-state index contributed by atoms with van der Waals surface area (Å²) in [6, 6.07) is 7.02. The number of likely N-dealkylation sites (tertiary alicyclic amines) is 1. The van der Waals surface area contributed by atoms with Gasteiger partial charge in [-0.2, -0.15) is 0 Å². The van der Waals surface area contributed by atoms with Crippen LogP contribution in [-0.2, 0) is 31.0 Å². The topological polar surface area (TPSA) is 128 Å². The number of carbonyl (C=O) groups is 4. The van der Waals surface area contributed by atoms with Gasteiger partial charge in [-0.1, -0.05) is 36.4 Å². The molecule has 4 amide bonds. The lowest BCUT2D eigenvalue weighted by Crippen LogP contribution is -2.57. The fourth-order valence-electron chi connectivity index (χ4n) is 9.54. The molecule has 2 bridgehead atoms. The van der Waals surface area contributed by atoms with E-state index in [2.05, 4.69) is 52.4 Å². The van der Waals surface area contributed by atoms with Crippen LogP contribution in [0.2, 0.25) is 0 Å². The van der Waals surface area contributed by atoms with E-state index in [1.807, 2.05) is 4.90 Å². The monoisotopic (exact) mass is 586 g/mol. The van der Waals surface area contributed by atoms with Crippen molar-refractivity contribution in [2.24, 2.45) is 35.5 Å². The van der Waals surface area contributed by atoms with Crippen molar-refractivity contribution in [3.8, 4) is 0 Å². The van der Waals surface area contributed by atoms with Crippen LogP contribution < -0.4 is 16.0 Å². The zero-order valence-corrected chi connectivity index (χ0v) is 24.5. The lowest BCUT2D eigenvalue weighted by atomic mass is 9.78. The summed E-state index contributed by atoms with van der Waals surface area (Å²) in [7, 11) is 0. The molecule has 8 rings (SSSR count). The number of nitrogens with zero attached hydrogens (tertiary/aromatic N) is 1. The molecule has 228 valence electrons. The molecule has 1 aromatic rings. The van der Waals surface area contributed by atoms with Gasteiger partial charge in [0.25, 0.3) is 5.91 Å². The highest BCUT2D eigenvalue weighted by Crippen LogP contribution is 2.62. The van der Waals surface area contributed by atoms with Crippen molar-refractivity contribution in [2.45, 2.75) is 87.4 Å². The van der Waals surface area contributed by atoms with E-state index in [0.717, 1.165) is 44.9 Å². The normalized spacial score (nSPS) is 37.9. The molecule has 0 aromatic heterocycles. The van der Waals surface area contributed by atoms with Gasteiger partial charge in [0.15, 0.2) is 6.10 Å². The van der Waals surface area contributed by atoms with E-state index in [1.54, 1.807) is 0 Å². The summed E-state index contributed by atoms with van der Waals surface area (Å²) in [6.07, 6.45) is 10.5. The van der Waals surface area contributed by atoms with Gasteiger partial charge >= 0.3 is 0 Å². The van der Waals surface area contributed by atoms with Crippen molar-refractivity contribution in [3.63, 3.8) is 0 Å². The molecule has 5 aliphatic carbocycles. The summed E-state index contributed by atoms with van der Waals surface area (Å²) in [5.41, 5.74) is 2.52. The molecule has 9 heteroatoms. The van der Waals surface area contributed by atoms with Crippen molar-refractivity contribution in [1.29, 1.82) is 0 Å². The molecule has 1 aromatic carbocycles. The highest BCUT2D eigenvalue weighted by molar-refractivity contribution is 5.93. The van der Waals surface area contributed by atoms with Gasteiger partial charge in [-0.3, -0.25) is 19.2 Å². The average molecular weight is 587 g/mol. The van der Waals surface area contributed by atoms with E-state index < -0.39 is 24.1 Å². The number of allylic oxidation sites excluding steroid dienone is 2. The summed E-state index contributed by atoms with van der Waals surface area (Å²) in [4.78, 5) is 56.0. The number of carbonyl (C=O) groups excluding carboxylic acids is 4. The van der Waals surface area contributed by atoms with Crippen LogP contribution in [0.25, 0.3) is 0 Å². The molecule has 3 saturated carbocycles. The second-order valence-electron chi connectivity index (χ2n) is 14.4. The predicted molar refractivity (Wildman–Crippen MR) is 157 cm³/mol. The molecule has 10 atom stereocenters. The molecule has 2 saturated heterocycles. The Balaban J connectivity index is 1.06. The largest absolute Gasteiger partial charge is 0.381 e. The van der Waals surface area contributed by atoms with Crippen molar-refractivity contribution >= 4 is 23.6 Å². The Kier molecular flexibility index (Phi) is 6.48. The molecule has 7 aliphatic rings. The van der Waals surface area contributed by atoms with Gasteiger partial charge in [0.2, 0.25) is 17.7 Å². The Labute approximate surface area is 252 Å². The van der Waals surface area contributed by atoms with Crippen LogP contribution in [0.1, 0.15) is 62.5 Å². The Morgan fingerprint density at radius 1 is 1.12 bits per heavy atom. The molecular formula is C34H42N4O5. The van der Waals surface area contributed by atoms with E-state index in [9.17, 15) is 24.3 Å². The van der Waals surface area contributed by atoms with E-state index >= 15 is 0 Å². The molecule has 43 heavy (non-hydrogen) atoms. The molecule has 5 fully saturated rings. The number of aryl methyl sites for hydroxylation is 1. The fraction of sp³-hybridized carbons (Fsp3) is 0.647. The van der Waals surface area contributed by atoms with Gasteiger partial charge in [-0.25, -0.2) is 0 Å². The molecule has 1 unspecified atom stereocenters.